The highest BCUT2D eigenvalue weighted by Crippen LogP contribution is 2.29. The molecular formula is C23H28N2O3S. The monoisotopic (exact) mass is 412 g/mol. The summed E-state index contributed by atoms with van der Waals surface area (Å²) < 4.78 is 25.0. The van der Waals surface area contributed by atoms with Crippen molar-refractivity contribution in [2.75, 3.05) is 12.3 Å². The van der Waals surface area contributed by atoms with Gasteiger partial charge in [0.05, 0.1) is 10.6 Å². The smallest absolute Gasteiger partial charge is 0.251 e. The van der Waals surface area contributed by atoms with E-state index in [2.05, 4.69) is 10.2 Å². The maximum atomic E-state index is 12.5. The summed E-state index contributed by atoms with van der Waals surface area (Å²) in [5.41, 5.74) is 1.86. The van der Waals surface area contributed by atoms with E-state index in [0.29, 0.717) is 29.0 Å². The largest absolute Gasteiger partial charge is 0.349 e. The Hall–Kier alpha value is -2.18. The lowest BCUT2D eigenvalue weighted by atomic mass is 10.1. The van der Waals surface area contributed by atoms with Crippen molar-refractivity contribution in [3.63, 3.8) is 0 Å². The van der Waals surface area contributed by atoms with E-state index in [-0.39, 0.29) is 11.7 Å². The molecule has 1 N–H and O–H groups in total. The Labute approximate surface area is 173 Å². The van der Waals surface area contributed by atoms with Crippen molar-refractivity contribution in [2.24, 2.45) is 0 Å². The molecule has 6 heteroatoms. The summed E-state index contributed by atoms with van der Waals surface area (Å²) in [6.45, 7) is 1.56. The maximum absolute atomic E-state index is 12.5. The number of hydrogen-bond donors (Lipinski definition) is 1. The third-order valence-corrected chi connectivity index (χ3v) is 7.35. The maximum Gasteiger partial charge on any atom is 0.251 e. The Morgan fingerprint density at radius 1 is 0.966 bits per heavy atom. The van der Waals surface area contributed by atoms with Gasteiger partial charge in [-0.1, -0.05) is 30.3 Å². The van der Waals surface area contributed by atoms with E-state index in [1.54, 1.807) is 24.3 Å². The molecule has 4 rings (SSSR count). The highest BCUT2D eigenvalue weighted by molar-refractivity contribution is 7.91. The topological polar surface area (TPSA) is 66.5 Å². The molecular weight excluding hydrogens is 384 g/mol. The van der Waals surface area contributed by atoms with Crippen LogP contribution in [0.5, 0.6) is 0 Å². The number of carbonyl (C=O) groups is 1. The minimum Gasteiger partial charge on any atom is -0.349 e. The molecule has 29 heavy (non-hydrogen) atoms. The zero-order valence-electron chi connectivity index (χ0n) is 16.6. The summed E-state index contributed by atoms with van der Waals surface area (Å²) in [6, 6.07) is 17.4. The molecule has 0 aromatic heterocycles. The number of rotatable bonds is 10. The molecule has 0 bridgehead atoms. The highest BCUT2D eigenvalue weighted by atomic mass is 32.2. The molecule has 1 amide bonds. The van der Waals surface area contributed by atoms with Crippen LogP contribution in [-0.2, 0) is 16.4 Å². The van der Waals surface area contributed by atoms with E-state index in [0.717, 1.165) is 31.5 Å². The zero-order valence-corrected chi connectivity index (χ0v) is 17.4. The predicted molar refractivity (Wildman–Crippen MR) is 113 cm³/mol. The lowest BCUT2D eigenvalue weighted by Crippen LogP contribution is -2.28. The van der Waals surface area contributed by atoms with Crippen molar-refractivity contribution >= 4 is 15.7 Å². The Kier molecular flexibility index (Phi) is 6.01. The molecule has 0 aliphatic heterocycles. The van der Waals surface area contributed by atoms with Gasteiger partial charge in [0.25, 0.3) is 5.91 Å². The van der Waals surface area contributed by atoms with Gasteiger partial charge in [-0.3, -0.25) is 9.69 Å². The van der Waals surface area contributed by atoms with E-state index in [4.69, 9.17) is 0 Å². The lowest BCUT2D eigenvalue weighted by molar-refractivity contribution is 0.0951. The first-order chi connectivity index (χ1) is 14.0. The molecule has 0 atom stereocenters. The van der Waals surface area contributed by atoms with Crippen molar-refractivity contribution in [3.05, 3.63) is 65.7 Å². The van der Waals surface area contributed by atoms with Crippen LogP contribution < -0.4 is 5.32 Å². The molecule has 154 valence electrons. The molecule has 2 saturated carbocycles. The number of nitrogens with one attached hydrogen (secondary N) is 1. The van der Waals surface area contributed by atoms with Gasteiger partial charge in [0, 0.05) is 24.2 Å². The van der Waals surface area contributed by atoms with Crippen LogP contribution in [0, 0.1) is 0 Å². The number of amides is 1. The Bertz CT molecular complexity index is 934. The third-order valence-electron chi connectivity index (χ3n) is 5.54. The van der Waals surface area contributed by atoms with Crippen LogP contribution >= 0.6 is 0 Å². The summed E-state index contributed by atoms with van der Waals surface area (Å²) in [5, 5.41) is 3.01. The van der Waals surface area contributed by atoms with Gasteiger partial charge >= 0.3 is 0 Å². The van der Waals surface area contributed by atoms with Crippen LogP contribution in [0.2, 0.25) is 0 Å². The SMILES string of the molecule is O=C(NC1CC1)c1ccc(CN(CCCS(=O)(=O)c2ccccc2)C2CC2)cc1. The number of benzene rings is 2. The van der Waals surface area contributed by atoms with E-state index in [9.17, 15) is 13.2 Å². The van der Waals surface area contributed by atoms with Gasteiger partial charge in [-0.25, -0.2) is 8.42 Å². The summed E-state index contributed by atoms with van der Waals surface area (Å²) in [7, 11) is -3.23. The fourth-order valence-corrected chi connectivity index (χ4v) is 4.84. The van der Waals surface area contributed by atoms with E-state index in [1.165, 1.54) is 12.8 Å². The zero-order chi connectivity index (χ0) is 20.3. The second kappa shape index (κ2) is 8.67. The molecule has 2 aromatic rings. The average Bonchev–Trinajstić information content (AvgIpc) is 3.63. The van der Waals surface area contributed by atoms with Crippen LogP contribution in [0.25, 0.3) is 0 Å². The summed E-state index contributed by atoms with van der Waals surface area (Å²) >= 11 is 0. The number of sulfone groups is 1. The van der Waals surface area contributed by atoms with Crippen molar-refractivity contribution in [1.82, 2.24) is 10.2 Å². The predicted octanol–water partition coefficient (Wildman–Crippen LogP) is 3.41. The molecule has 2 aromatic carbocycles. The highest BCUT2D eigenvalue weighted by Gasteiger charge is 2.29. The first-order valence-corrected chi connectivity index (χ1v) is 12.1. The van der Waals surface area contributed by atoms with Gasteiger partial charge in [-0.05, 0) is 68.5 Å². The van der Waals surface area contributed by atoms with Gasteiger partial charge in [0.15, 0.2) is 9.84 Å². The lowest BCUT2D eigenvalue weighted by Gasteiger charge is -2.22. The molecule has 0 spiro atoms. The number of nitrogens with zero attached hydrogens (tertiary/aromatic N) is 1. The Morgan fingerprint density at radius 3 is 2.28 bits per heavy atom. The van der Waals surface area contributed by atoms with Crippen molar-refractivity contribution in [2.45, 2.75) is 55.6 Å². The van der Waals surface area contributed by atoms with Crippen LogP contribution in [0.1, 0.15) is 48.0 Å². The molecule has 2 fully saturated rings. The van der Waals surface area contributed by atoms with Gasteiger partial charge in [-0.2, -0.15) is 0 Å². The number of carbonyl (C=O) groups excluding carboxylic acids is 1. The minimum atomic E-state index is -3.23. The van der Waals surface area contributed by atoms with Gasteiger partial charge in [0.1, 0.15) is 0 Å². The van der Waals surface area contributed by atoms with Gasteiger partial charge < -0.3 is 5.32 Å². The standard InChI is InChI=1S/C23H28N2O3S/c26-23(24-20-11-12-20)19-9-7-18(8-10-19)17-25(21-13-14-21)15-4-16-29(27,28)22-5-2-1-3-6-22/h1-3,5-10,20-21H,4,11-17H2,(H,24,26). The Balaban J connectivity index is 1.31. The molecule has 0 saturated heterocycles. The van der Waals surface area contributed by atoms with E-state index in [1.807, 2.05) is 30.3 Å². The van der Waals surface area contributed by atoms with Crippen molar-refractivity contribution in [3.8, 4) is 0 Å². The molecule has 5 nitrogen and oxygen atoms in total. The van der Waals surface area contributed by atoms with E-state index >= 15 is 0 Å². The Morgan fingerprint density at radius 2 is 1.66 bits per heavy atom. The summed E-state index contributed by atoms with van der Waals surface area (Å²) in [6.07, 6.45) is 5.14. The average molecular weight is 413 g/mol. The van der Waals surface area contributed by atoms with Crippen LogP contribution in [-0.4, -0.2) is 43.6 Å². The molecule has 0 heterocycles. The fraction of sp³-hybridized carbons (Fsp3) is 0.435. The van der Waals surface area contributed by atoms with Crippen LogP contribution in [0.3, 0.4) is 0 Å². The van der Waals surface area contributed by atoms with Gasteiger partial charge in [-0.15, -0.1) is 0 Å². The second-order valence-corrected chi connectivity index (χ2v) is 10.2. The minimum absolute atomic E-state index is 0.00391. The first-order valence-electron chi connectivity index (χ1n) is 10.4. The third kappa shape index (κ3) is 5.67. The summed E-state index contributed by atoms with van der Waals surface area (Å²) in [4.78, 5) is 14.9. The van der Waals surface area contributed by atoms with Crippen molar-refractivity contribution in [1.29, 1.82) is 0 Å². The second-order valence-electron chi connectivity index (χ2n) is 8.13. The van der Waals surface area contributed by atoms with E-state index < -0.39 is 9.84 Å². The van der Waals surface area contributed by atoms with Crippen LogP contribution in [0.15, 0.2) is 59.5 Å². The summed E-state index contributed by atoms with van der Waals surface area (Å²) in [5.74, 6) is 0.171. The first kappa shape index (κ1) is 20.1. The normalized spacial score (nSPS) is 16.7. The fourth-order valence-electron chi connectivity index (χ4n) is 3.53. The van der Waals surface area contributed by atoms with Gasteiger partial charge in [0.2, 0.25) is 0 Å². The van der Waals surface area contributed by atoms with Crippen LogP contribution in [0.4, 0.5) is 0 Å². The van der Waals surface area contributed by atoms with Crippen molar-refractivity contribution < 1.29 is 13.2 Å². The molecule has 0 unspecified atom stereocenters. The molecule has 2 aliphatic rings. The quantitative estimate of drug-likeness (QED) is 0.649. The number of hydrogen-bond acceptors (Lipinski definition) is 4. The molecule has 2 aliphatic carbocycles. The molecule has 0 radical (unpaired) electrons.